The molecule has 3 rings (SSSR count). The third-order valence-corrected chi connectivity index (χ3v) is 5.31. The first kappa shape index (κ1) is 22.9. The molecule has 0 radical (unpaired) electrons. The van der Waals surface area contributed by atoms with Crippen LogP contribution >= 0.6 is 23.2 Å². The number of nitrogens with zero attached hydrogens (tertiary/aromatic N) is 1. The number of esters is 1. The smallest absolute Gasteiger partial charge is 0.416 e. The number of alkyl halides is 3. The Balaban J connectivity index is 1.56. The lowest BCUT2D eigenvalue weighted by Crippen LogP contribution is -2.28. The van der Waals surface area contributed by atoms with Gasteiger partial charge < -0.3 is 15.0 Å². The number of carbonyl (C=O) groups is 3. The maximum Gasteiger partial charge on any atom is 0.416 e. The number of hydrogen-bond acceptors (Lipinski definition) is 4. The van der Waals surface area contributed by atoms with E-state index in [4.69, 9.17) is 27.9 Å². The fraction of sp³-hybridized carbons (Fsp3) is 0.250. The van der Waals surface area contributed by atoms with Gasteiger partial charge in [-0.2, -0.15) is 13.2 Å². The summed E-state index contributed by atoms with van der Waals surface area (Å²) in [6.07, 6.45) is -4.70. The van der Waals surface area contributed by atoms with Crippen molar-refractivity contribution in [2.75, 3.05) is 23.4 Å². The number of benzene rings is 2. The molecule has 1 atom stereocenters. The molecular weight excluding hydrogens is 460 g/mol. The quantitative estimate of drug-likeness (QED) is 0.645. The average Bonchev–Trinajstić information content (AvgIpc) is 3.09. The van der Waals surface area contributed by atoms with E-state index in [-0.39, 0.29) is 34.6 Å². The van der Waals surface area contributed by atoms with Gasteiger partial charge in [0.1, 0.15) is 0 Å². The Bertz CT molecular complexity index is 1030. The zero-order chi connectivity index (χ0) is 22.8. The molecule has 2 aromatic rings. The van der Waals surface area contributed by atoms with Crippen molar-refractivity contribution in [3.8, 4) is 0 Å². The van der Waals surface area contributed by atoms with E-state index in [1.54, 1.807) is 18.2 Å². The van der Waals surface area contributed by atoms with Crippen LogP contribution in [0.4, 0.5) is 24.5 Å². The zero-order valence-corrected chi connectivity index (χ0v) is 17.2. The summed E-state index contributed by atoms with van der Waals surface area (Å²) >= 11 is 12.1. The van der Waals surface area contributed by atoms with Crippen LogP contribution in [0.3, 0.4) is 0 Å². The van der Waals surface area contributed by atoms with E-state index >= 15 is 0 Å². The number of rotatable bonds is 5. The highest BCUT2D eigenvalue weighted by Gasteiger charge is 2.37. The van der Waals surface area contributed by atoms with E-state index < -0.39 is 36.1 Å². The summed E-state index contributed by atoms with van der Waals surface area (Å²) in [6, 6.07) is 8.81. The second-order valence-corrected chi connectivity index (χ2v) is 7.50. The molecule has 0 saturated carbocycles. The Morgan fingerprint density at radius 1 is 1.16 bits per heavy atom. The second-order valence-electron chi connectivity index (χ2n) is 6.71. The Morgan fingerprint density at radius 3 is 2.58 bits per heavy atom. The summed E-state index contributed by atoms with van der Waals surface area (Å²) in [5.74, 6) is -2.79. The molecule has 1 N–H and O–H groups in total. The van der Waals surface area contributed by atoms with E-state index in [9.17, 15) is 27.6 Å². The Morgan fingerprint density at radius 2 is 1.87 bits per heavy atom. The molecule has 164 valence electrons. The first-order valence-corrected chi connectivity index (χ1v) is 9.70. The van der Waals surface area contributed by atoms with Crippen LogP contribution in [-0.4, -0.2) is 30.9 Å². The van der Waals surface area contributed by atoms with Crippen LogP contribution < -0.4 is 10.2 Å². The highest BCUT2D eigenvalue weighted by molar-refractivity contribution is 6.44. The number of halogens is 5. The van der Waals surface area contributed by atoms with E-state index in [0.717, 1.165) is 18.2 Å². The van der Waals surface area contributed by atoms with Gasteiger partial charge in [0.2, 0.25) is 5.91 Å². The molecule has 0 aliphatic carbocycles. The first-order valence-electron chi connectivity index (χ1n) is 8.94. The van der Waals surface area contributed by atoms with Crippen LogP contribution in [0, 0.1) is 5.92 Å². The van der Waals surface area contributed by atoms with Gasteiger partial charge in [-0.1, -0.05) is 35.3 Å². The van der Waals surface area contributed by atoms with Crippen molar-refractivity contribution in [1.29, 1.82) is 0 Å². The lowest BCUT2D eigenvalue weighted by Gasteiger charge is -2.18. The van der Waals surface area contributed by atoms with E-state index in [2.05, 4.69) is 5.32 Å². The van der Waals surface area contributed by atoms with Gasteiger partial charge in [-0.25, -0.2) is 0 Å². The minimum Gasteiger partial charge on any atom is -0.455 e. The number of nitrogens with one attached hydrogen (secondary N) is 1. The van der Waals surface area contributed by atoms with Crippen LogP contribution in [0.5, 0.6) is 0 Å². The van der Waals surface area contributed by atoms with Gasteiger partial charge in [0.15, 0.2) is 6.61 Å². The minimum atomic E-state index is -4.56. The Labute approximate surface area is 184 Å². The number of carbonyl (C=O) groups excluding carboxylic acids is 3. The van der Waals surface area contributed by atoms with Crippen LogP contribution in [0.2, 0.25) is 10.0 Å². The summed E-state index contributed by atoms with van der Waals surface area (Å²) in [5.41, 5.74) is -0.656. The highest BCUT2D eigenvalue weighted by atomic mass is 35.5. The molecule has 2 aromatic carbocycles. The fourth-order valence-corrected chi connectivity index (χ4v) is 3.42. The molecule has 0 bridgehead atoms. The standard InChI is InChI=1S/C20H15Cl2F3N2O4/c21-14-5-2-6-15(18(14)22)27-9-11(7-17(27)29)19(30)31-10-16(28)26-13-4-1-3-12(8-13)20(23,24)25/h1-6,8,11H,7,9-10H2,(H,26,28)/t11-/m0/s1. The van der Waals surface area contributed by atoms with Crippen LogP contribution in [0.25, 0.3) is 0 Å². The Kier molecular flexibility index (Phi) is 6.76. The third kappa shape index (κ3) is 5.48. The largest absolute Gasteiger partial charge is 0.455 e. The number of ether oxygens (including phenoxy) is 1. The molecule has 11 heteroatoms. The van der Waals surface area contributed by atoms with Crippen LogP contribution in [0.1, 0.15) is 12.0 Å². The second kappa shape index (κ2) is 9.15. The monoisotopic (exact) mass is 474 g/mol. The van der Waals surface area contributed by atoms with E-state index in [1.165, 1.54) is 11.0 Å². The molecule has 31 heavy (non-hydrogen) atoms. The van der Waals surface area contributed by atoms with Crippen molar-refractivity contribution in [2.24, 2.45) is 5.92 Å². The number of hydrogen-bond donors (Lipinski definition) is 1. The van der Waals surface area contributed by atoms with Gasteiger partial charge in [-0.05, 0) is 30.3 Å². The summed E-state index contributed by atoms with van der Waals surface area (Å²) in [6.45, 7) is -0.718. The molecule has 1 aliphatic rings. The van der Waals surface area contributed by atoms with Gasteiger partial charge in [0.25, 0.3) is 5.91 Å². The number of anilines is 2. The summed E-state index contributed by atoms with van der Waals surface area (Å²) < 4.78 is 43.1. The van der Waals surface area contributed by atoms with Crippen molar-refractivity contribution in [3.05, 3.63) is 58.1 Å². The predicted octanol–water partition coefficient (Wildman–Crippen LogP) is 4.55. The lowest BCUT2D eigenvalue weighted by atomic mass is 10.1. The van der Waals surface area contributed by atoms with Crippen molar-refractivity contribution >= 4 is 52.4 Å². The maximum absolute atomic E-state index is 12.7. The summed E-state index contributed by atoms with van der Waals surface area (Å²) in [7, 11) is 0. The fourth-order valence-electron chi connectivity index (χ4n) is 3.02. The van der Waals surface area contributed by atoms with Crippen molar-refractivity contribution in [1.82, 2.24) is 0 Å². The van der Waals surface area contributed by atoms with Gasteiger partial charge in [0.05, 0.1) is 27.2 Å². The highest BCUT2D eigenvalue weighted by Crippen LogP contribution is 2.36. The minimum absolute atomic E-state index is 0.00697. The van der Waals surface area contributed by atoms with E-state index in [1.807, 2.05) is 0 Å². The lowest BCUT2D eigenvalue weighted by molar-refractivity contribution is -0.151. The van der Waals surface area contributed by atoms with E-state index in [0.29, 0.717) is 5.69 Å². The molecule has 0 aromatic heterocycles. The summed E-state index contributed by atoms with van der Waals surface area (Å²) in [4.78, 5) is 37.8. The molecule has 1 saturated heterocycles. The van der Waals surface area contributed by atoms with Gasteiger partial charge >= 0.3 is 12.1 Å². The summed E-state index contributed by atoms with van der Waals surface area (Å²) in [5, 5.41) is 2.66. The third-order valence-electron chi connectivity index (χ3n) is 4.50. The Hall–Kier alpha value is -2.78. The average molecular weight is 475 g/mol. The molecule has 1 heterocycles. The van der Waals surface area contributed by atoms with Crippen molar-refractivity contribution < 1.29 is 32.3 Å². The van der Waals surface area contributed by atoms with Gasteiger partial charge in [0, 0.05) is 18.7 Å². The molecule has 0 spiro atoms. The molecule has 0 unspecified atom stereocenters. The van der Waals surface area contributed by atoms with Crippen LogP contribution in [-0.2, 0) is 25.3 Å². The first-order chi connectivity index (χ1) is 14.6. The van der Waals surface area contributed by atoms with Crippen molar-refractivity contribution in [3.63, 3.8) is 0 Å². The molecule has 6 nitrogen and oxygen atoms in total. The van der Waals surface area contributed by atoms with Gasteiger partial charge in [-0.3, -0.25) is 14.4 Å². The van der Waals surface area contributed by atoms with Gasteiger partial charge in [-0.15, -0.1) is 0 Å². The molecule has 1 fully saturated rings. The van der Waals surface area contributed by atoms with Crippen LogP contribution in [0.15, 0.2) is 42.5 Å². The zero-order valence-electron chi connectivity index (χ0n) is 15.7. The molecule has 1 aliphatic heterocycles. The molecular formula is C20H15Cl2F3N2O4. The maximum atomic E-state index is 12.7. The molecule has 2 amide bonds. The number of amides is 2. The van der Waals surface area contributed by atoms with Crippen molar-refractivity contribution in [2.45, 2.75) is 12.6 Å². The topological polar surface area (TPSA) is 75.7 Å². The predicted molar refractivity (Wildman–Crippen MR) is 108 cm³/mol. The normalized spacial score (nSPS) is 16.4. The SMILES string of the molecule is O=C(COC(=O)[C@H]1CC(=O)N(c2cccc(Cl)c2Cl)C1)Nc1cccc(C(F)(F)F)c1.